The second-order valence-corrected chi connectivity index (χ2v) is 9.43. The first-order valence-electron chi connectivity index (χ1n) is 12.6. The molecule has 0 saturated carbocycles. The van der Waals surface area contributed by atoms with Crippen molar-refractivity contribution in [3.05, 3.63) is 94.5 Å². The van der Waals surface area contributed by atoms with Gasteiger partial charge in [-0.1, -0.05) is 60.1 Å². The number of ether oxygens (including phenoxy) is 2. The van der Waals surface area contributed by atoms with Gasteiger partial charge in [0.15, 0.2) is 0 Å². The summed E-state index contributed by atoms with van der Waals surface area (Å²) in [5, 5.41) is 0.174. The number of anilines is 1. The third-order valence-electron chi connectivity index (χ3n) is 6.03. The Hall–Kier alpha value is -4.41. The van der Waals surface area contributed by atoms with Gasteiger partial charge >= 0.3 is 0 Å². The van der Waals surface area contributed by atoms with Crippen molar-refractivity contribution in [2.45, 2.75) is 20.1 Å². The van der Waals surface area contributed by atoms with Crippen molar-refractivity contribution in [3.63, 3.8) is 0 Å². The molecule has 0 bridgehead atoms. The number of benzene rings is 3. The van der Waals surface area contributed by atoms with Crippen molar-refractivity contribution in [2.24, 2.45) is 0 Å². The molecule has 4 amide bonds. The van der Waals surface area contributed by atoms with Crippen LogP contribution in [0.1, 0.15) is 28.4 Å². The van der Waals surface area contributed by atoms with Crippen LogP contribution in [0.5, 0.6) is 5.75 Å². The van der Waals surface area contributed by atoms with Gasteiger partial charge < -0.3 is 14.4 Å². The van der Waals surface area contributed by atoms with Crippen LogP contribution in [0.2, 0.25) is 5.02 Å². The summed E-state index contributed by atoms with van der Waals surface area (Å²) in [6.07, 6.45) is 0. The van der Waals surface area contributed by atoms with Gasteiger partial charge in [0.05, 0.1) is 23.8 Å². The number of hydrogen-bond acceptors (Lipinski definition) is 6. The molecule has 3 aromatic carbocycles. The van der Waals surface area contributed by atoms with Gasteiger partial charge in [-0.15, -0.1) is 0 Å². The first-order valence-corrected chi connectivity index (χ1v) is 13.0. The summed E-state index contributed by atoms with van der Waals surface area (Å²) in [4.78, 5) is 52.7. The fourth-order valence-electron chi connectivity index (χ4n) is 4.11. The molecule has 40 heavy (non-hydrogen) atoms. The number of nitrogens with zero attached hydrogens (tertiary/aromatic N) is 2. The number of hydrazine groups is 1. The van der Waals surface area contributed by atoms with E-state index >= 15 is 0 Å². The second kappa shape index (κ2) is 13.6. The number of carbonyl (C=O) groups excluding carboxylic acids is 4. The zero-order valence-electron chi connectivity index (χ0n) is 21.9. The van der Waals surface area contributed by atoms with Gasteiger partial charge in [0, 0.05) is 19.2 Å². The van der Waals surface area contributed by atoms with Gasteiger partial charge in [0.2, 0.25) is 11.8 Å². The van der Waals surface area contributed by atoms with Crippen LogP contribution >= 0.6 is 11.6 Å². The zero-order valence-corrected chi connectivity index (χ0v) is 22.6. The largest absolute Gasteiger partial charge is 0.491 e. The van der Waals surface area contributed by atoms with E-state index < -0.39 is 23.6 Å². The van der Waals surface area contributed by atoms with Crippen molar-refractivity contribution in [3.8, 4) is 5.75 Å². The molecule has 0 radical (unpaired) electrons. The average Bonchev–Trinajstić information content (AvgIpc) is 3.08. The van der Waals surface area contributed by atoms with Crippen LogP contribution in [0.15, 0.2) is 72.8 Å². The van der Waals surface area contributed by atoms with E-state index in [4.69, 9.17) is 21.1 Å². The zero-order chi connectivity index (χ0) is 28.5. The molecule has 1 aliphatic rings. The topological polar surface area (TPSA) is 117 Å². The molecule has 3 aromatic rings. The Labute approximate surface area is 236 Å². The first kappa shape index (κ1) is 28.6. The Morgan fingerprint density at radius 2 is 1.68 bits per heavy atom. The van der Waals surface area contributed by atoms with E-state index in [1.165, 1.54) is 16.7 Å². The maximum atomic E-state index is 13.6. The predicted molar refractivity (Wildman–Crippen MR) is 149 cm³/mol. The number of hydrogen-bond donors (Lipinski definition) is 2. The van der Waals surface area contributed by atoms with Crippen LogP contribution < -0.4 is 20.5 Å². The maximum Gasteiger partial charge on any atom is 0.260 e. The third-order valence-corrected chi connectivity index (χ3v) is 6.34. The van der Waals surface area contributed by atoms with Crippen LogP contribution in [-0.4, -0.2) is 54.8 Å². The smallest absolute Gasteiger partial charge is 0.260 e. The van der Waals surface area contributed by atoms with E-state index in [2.05, 4.69) is 10.9 Å². The molecule has 0 aliphatic carbocycles. The minimum atomic E-state index is -0.565. The molecule has 0 aromatic heterocycles. The van der Waals surface area contributed by atoms with E-state index in [1.54, 1.807) is 42.5 Å². The molecule has 0 atom stereocenters. The van der Waals surface area contributed by atoms with E-state index in [1.807, 2.05) is 30.3 Å². The van der Waals surface area contributed by atoms with Crippen molar-refractivity contribution < 1.29 is 28.7 Å². The molecular weight excluding hydrogens is 536 g/mol. The summed E-state index contributed by atoms with van der Waals surface area (Å²) in [5.41, 5.74) is 6.93. The fraction of sp³-hybridized carbons (Fsp3) is 0.241. The Morgan fingerprint density at radius 3 is 2.42 bits per heavy atom. The van der Waals surface area contributed by atoms with Gasteiger partial charge in [-0.05, 0) is 35.4 Å². The molecule has 208 valence electrons. The molecule has 0 fully saturated rings. The lowest BCUT2D eigenvalue weighted by Gasteiger charge is -2.23. The molecule has 0 spiro atoms. The van der Waals surface area contributed by atoms with Gasteiger partial charge in [-0.25, -0.2) is 0 Å². The highest BCUT2D eigenvalue weighted by atomic mass is 35.5. The highest BCUT2D eigenvalue weighted by Crippen LogP contribution is 2.30. The van der Waals surface area contributed by atoms with Crippen molar-refractivity contribution >= 4 is 40.9 Å². The van der Waals surface area contributed by atoms with Gasteiger partial charge in [-0.2, -0.15) is 0 Å². The molecule has 10 nitrogen and oxygen atoms in total. The average molecular weight is 565 g/mol. The van der Waals surface area contributed by atoms with E-state index in [0.717, 1.165) is 5.56 Å². The minimum absolute atomic E-state index is 0.110. The Kier molecular flexibility index (Phi) is 9.71. The minimum Gasteiger partial charge on any atom is -0.491 e. The van der Waals surface area contributed by atoms with E-state index in [9.17, 15) is 19.2 Å². The quantitative estimate of drug-likeness (QED) is 0.305. The molecular formula is C29H29ClN4O6. The summed E-state index contributed by atoms with van der Waals surface area (Å²) >= 11 is 6.48. The highest BCUT2D eigenvalue weighted by Gasteiger charge is 2.31. The van der Waals surface area contributed by atoms with Crippen LogP contribution in [0.25, 0.3) is 0 Å². The molecule has 0 saturated heterocycles. The summed E-state index contributed by atoms with van der Waals surface area (Å²) in [7, 11) is 0. The Morgan fingerprint density at radius 1 is 0.925 bits per heavy atom. The highest BCUT2D eigenvalue weighted by molar-refractivity contribution is 6.34. The predicted octanol–water partition coefficient (Wildman–Crippen LogP) is 3.09. The lowest BCUT2D eigenvalue weighted by molar-refractivity contribution is -0.136. The fourth-order valence-corrected chi connectivity index (χ4v) is 4.36. The third kappa shape index (κ3) is 7.58. The normalized spacial score (nSPS) is 12.8. The first-order chi connectivity index (χ1) is 19.3. The standard InChI is InChI=1S/C29H29ClN4O6/c1-20(35)31-32-27(36)17-33-16-22-9-5-6-10-26(22)34(18-28(33)37)29(38)24-12-11-23(15-25(24)30)40-14-13-39-19-21-7-3-2-4-8-21/h2-12,15H,13-14,16-19H2,1H3,(H,31,35)(H,32,36). The maximum absolute atomic E-state index is 13.6. The van der Waals surface area contributed by atoms with Crippen LogP contribution in [-0.2, 0) is 32.3 Å². The van der Waals surface area contributed by atoms with E-state index in [-0.39, 0.29) is 30.2 Å². The van der Waals surface area contributed by atoms with Crippen molar-refractivity contribution in [1.82, 2.24) is 15.8 Å². The lowest BCUT2D eigenvalue weighted by Crippen LogP contribution is -2.48. The molecule has 0 unspecified atom stereocenters. The van der Waals surface area contributed by atoms with Crippen molar-refractivity contribution in [2.75, 3.05) is 31.2 Å². The van der Waals surface area contributed by atoms with Gasteiger partial charge in [0.25, 0.3) is 11.8 Å². The monoisotopic (exact) mass is 564 g/mol. The van der Waals surface area contributed by atoms with Crippen LogP contribution in [0.3, 0.4) is 0 Å². The van der Waals surface area contributed by atoms with Crippen LogP contribution in [0.4, 0.5) is 5.69 Å². The Bertz CT molecular complexity index is 1380. The van der Waals surface area contributed by atoms with Gasteiger partial charge in [0.1, 0.15) is 25.4 Å². The number of fused-ring (bicyclic) bond motifs is 1. The van der Waals surface area contributed by atoms with Crippen molar-refractivity contribution in [1.29, 1.82) is 0 Å². The number of nitrogens with one attached hydrogen (secondary N) is 2. The Balaban J connectivity index is 1.41. The number of halogens is 1. The molecule has 4 rings (SSSR count). The summed E-state index contributed by atoms with van der Waals surface area (Å²) in [6, 6.07) is 21.6. The van der Waals surface area contributed by atoms with Crippen LogP contribution in [0, 0.1) is 0 Å². The SMILES string of the molecule is CC(=O)NNC(=O)CN1Cc2ccccc2N(C(=O)c2ccc(OCCOCc3ccccc3)cc2Cl)CC1=O. The second-order valence-electron chi connectivity index (χ2n) is 9.03. The number of amides is 4. The molecule has 1 heterocycles. The number of para-hydroxylation sites is 1. The summed E-state index contributed by atoms with van der Waals surface area (Å²) in [6.45, 7) is 1.93. The molecule has 1 aliphatic heterocycles. The number of carbonyl (C=O) groups is 4. The molecule has 2 N–H and O–H groups in total. The van der Waals surface area contributed by atoms with Gasteiger partial charge in [-0.3, -0.25) is 34.9 Å². The lowest BCUT2D eigenvalue weighted by atomic mass is 10.1. The molecule has 11 heteroatoms. The summed E-state index contributed by atoms with van der Waals surface area (Å²) < 4.78 is 11.4. The number of rotatable bonds is 9. The summed E-state index contributed by atoms with van der Waals surface area (Å²) in [5.74, 6) is -1.43. The van der Waals surface area contributed by atoms with E-state index in [0.29, 0.717) is 36.8 Å².